The molecule has 2 aliphatic carbocycles. The van der Waals surface area contributed by atoms with Gasteiger partial charge in [0, 0.05) is 16.8 Å². The van der Waals surface area contributed by atoms with Crippen LogP contribution in [0.1, 0.15) is 38.9 Å². The molecule has 0 amide bonds. The van der Waals surface area contributed by atoms with Gasteiger partial charge in [0.2, 0.25) is 0 Å². The minimum Gasteiger partial charge on any atom is -0.310 e. The van der Waals surface area contributed by atoms with Gasteiger partial charge in [-0.25, -0.2) is 0 Å². The van der Waals surface area contributed by atoms with Gasteiger partial charge in [-0.1, -0.05) is 164 Å². The second-order valence-corrected chi connectivity index (χ2v) is 13.2. The van der Waals surface area contributed by atoms with E-state index >= 15 is 0 Å². The van der Waals surface area contributed by atoms with Crippen LogP contribution in [0.3, 0.4) is 0 Å². The van der Waals surface area contributed by atoms with E-state index in [0.29, 0.717) is 0 Å². The Bertz CT molecular complexity index is 2540. The molecule has 0 bridgehead atoms. The molecule has 10 rings (SSSR count). The van der Waals surface area contributed by atoms with Crippen molar-refractivity contribution in [3.63, 3.8) is 0 Å². The Balaban J connectivity index is 1.18. The van der Waals surface area contributed by atoms with Crippen LogP contribution in [0.5, 0.6) is 0 Å². The van der Waals surface area contributed by atoms with Gasteiger partial charge < -0.3 is 4.90 Å². The van der Waals surface area contributed by atoms with E-state index in [1.165, 1.54) is 66.4 Å². The molecule has 0 atom stereocenters. The van der Waals surface area contributed by atoms with Gasteiger partial charge in [-0.2, -0.15) is 0 Å². The third-order valence-corrected chi connectivity index (χ3v) is 10.7. The molecule has 0 saturated carbocycles. The summed E-state index contributed by atoms with van der Waals surface area (Å²) < 4.78 is 0. The van der Waals surface area contributed by atoms with Crippen molar-refractivity contribution in [2.75, 3.05) is 4.90 Å². The van der Waals surface area contributed by atoms with Gasteiger partial charge in [0.25, 0.3) is 0 Å². The maximum Gasteiger partial charge on any atom is 0.0725 e. The molecular formula is C49H33N. The summed E-state index contributed by atoms with van der Waals surface area (Å²) in [6, 6.07) is 71.1. The lowest BCUT2D eigenvalue weighted by Gasteiger charge is -2.35. The van der Waals surface area contributed by atoms with Gasteiger partial charge in [0.1, 0.15) is 0 Å². The van der Waals surface area contributed by atoms with Crippen LogP contribution in [0, 0.1) is 0 Å². The summed E-state index contributed by atoms with van der Waals surface area (Å²) in [5, 5.41) is 2.45. The smallest absolute Gasteiger partial charge is 0.0725 e. The minimum absolute atomic E-state index is 0.433. The van der Waals surface area contributed by atoms with Crippen molar-refractivity contribution in [3.8, 4) is 11.1 Å². The van der Waals surface area contributed by atoms with Crippen LogP contribution in [0.25, 0.3) is 33.5 Å². The van der Waals surface area contributed by atoms with Crippen LogP contribution < -0.4 is 4.90 Å². The topological polar surface area (TPSA) is 3.24 Å². The second kappa shape index (κ2) is 11.3. The third kappa shape index (κ3) is 4.14. The predicted molar refractivity (Wildman–Crippen MR) is 209 cm³/mol. The van der Waals surface area contributed by atoms with Crippen LogP contribution in [-0.4, -0.2) is 0 Å². The van der Waals surface area contributed by atoms with Crippen LogP contribution in [0.2, 0.25) is 0 Å². The Hall–Kier alpha value is -6.44. The molecule has 0 radical (unpaired) electrons. The summed E-state index contributed by atoms with van der Waals surface area (Å²) >= 11 is 0. The minimum atomic E-state index is -0.433. The molecule has 0 fully saturated rings. The molecule has 8 aromatic rings. The molecule has 1 nitrogen and oxygen atoms in total. The maximum absolute atomic E-state index is 2.42. The van der Waals surface area contributed by atoms with Crippen molar-refractivity contribution in [3.05, 3.63) is 233 Å². The van der Waals surface area contributed by atoms with Crippen molar-refractivity contribution >= 4 is 39.5 Å². The molecule has 0 aliphatic heterocycles. The maximum atomic E-state index is 2.42. The first-order valence-electron chi connectivity index (χ1n) is 17.4. The van der Waals surface area contributed by atoms with Crippen molar-refractivity contribution in [2.45, 2.75) is 5.41 Å². The van der Waals surface area contributed by atoms with Crippen molar-refractivity contribution in [1.29, 1.82) is 0 Å². The monoisotopic (exact) mass is 635 g/mol. The summed E-state index contributed by atoms with van der Waals surface area (Å²) in [4.78, 5) is 2.37. The SMILES string of the molecule is C1=C(c2ccc(N(c3ccccc3)c3cccc4ccccc34)cc2)c2ccccc2C2(c3ccccc31)c1ccccc1-c1ccccc12. The van der Waals surface area contributed by atoms with Crippen LogP contribution in [0.4, 0.5) is 17.1 Å². The van der Waals surface area contributed by atoms with Gasteiger partial charge in [0.05, 0.1) is 11.1 Å². The van der Waals surface area contributed by atoms with E-state index in [2.05, 4.69) is 205 Å². The van der Waals surface area contributed by atoms with Crippen LogP contribution in [-0.2, 0) is 5.41 Å². The van der Waals surface area contributed by atoms with Crippen molar-refractivity contribution < 1.29 is 0 Å². The Kier molecular flexibility index (Phi) is 6.47. The number of para-hydroxylation sites is 1. The van der Waals surface area contributed by atoms with E-state index in [1.807, 2.05) is 0 Å². The Labute approximate surface area is 293 Å². The first-order valence-corrected chi connectivity index (χ1v) is 17.4. The molecule has 8 aromatic carbocycles. The molecular weight excluding hydrogens is 603 g/mol. The first kappa shape index (κ1) is 28.6. The van der Waals surface area contributed by atoms with Crippen LogP contribution in [0.15, 0.2) is 194 Å². The van der Waals surface area contributed by atoms with Gasteiger partial charge in [-0.05, 0) is 97.4 Å². The largest absolute Gasteiger partial charge is 0.310 e. The van der Waals surface area contributed by atoms with E-state index in [1.54, 1.807) is 0 Å². The number of hydrogen-bond donors (Lipinski definition) is 0. The van der Waals surface area contributed by atoms with Gasteiger partial charge in [-0.15, -0.1) is 0 Å². The zero-order valence-corrected chi connectivity index (χ0v) is 27.5. The number of benzene rings is 8. The van der Waals surface area contributed by atoms with E-state index in [0.717, 1.165) is 17.1 Å². The zero-order valence-electron chi connectivity index (χ0n) is 27.5. The average Bonchev–Trinajstić information content (AvgIpc) is 3.41. The Morgan fingerprint density at radius 2 is 0.880 bits per heavy atom. The highest BCUT2D eigenvalue weighted by atomic mass is 15.1. The summed E-state index contributed by atoms with van der Waals surface area (Å²) in [5.74, 6) is 0. The van der Waals surface area contributed by atoms with E-state index in [-0.39, 0.29) is 0 Å². The van der Waals surface area contributed by atoms with Gasteiger partial charge in [-0.3, -0.25) is 0 Å². The van der Waals surface area contributed by atoms with Crippen molar-refractivity contribution in [1.82, 2.24) is 0 Å². The molecule has 2 aliphatic rings. The van der Waals surface area contributed by atoms with Gasteiger partial charge >= 0.3 is 0 Å². The van der Waals surface area contributed by atoms with Gasteiger partial charge in [0.15, 0.2) is 0 Å². The lowest BCUT2D eigenvalue weighted by Crippen LogP contribution is -2.30. The summed E-state index contributed by atoms with van der Waals surface area (Å²) in [5.41, 5.74) is 15.9. The molecule has 0 heterocycles. The predicted octanol–water partition coefficient (Wildman–Crippen LogP) is 12.6. The Morgan fingerprint density at radius 1 is 0.360 bits per heavy atom. The molecule has 1 spiro atoms. The van der Waals surface area contributed by atoms with E-state index in [4.69, 9.17) is 0 Å². The number of nitrogens with zero attached hydrogens (tertiary/aromatic N) is 1. The number of anilines is 3. The molecule has 1 heteroatoms. The highest BCUT2D eigenvalue weighted by Gasteiger charge is 2.48. The highest BCUT2D eigenvalue weighted by molar-refractivity contribution is 6.01. The molecule has 0 saturated heterocycles. The number of hydrogen-bond acceptors (Lipinski definition) is 1. The first-order chi connectivity index (χ1) is 24.8. The average molecular weight is 636 g/mol. The van der Waals surface area contributed by atoms with Crippen molar-refractivity contribution in [2.24, 2.45) is 0 Å². The molecule has 0 aromatic heterocycles. The van der Waals surface area contributed by atoms with E-state index < -0.39 is 5.41 Å². The second-order valence-electron chi connectivity index (χ2n) is 13.2. The molecule has 234 valence electrons. The standard InChI is InChI=1S/C49H33N/c1-2-18-37(19-3-1)50(48-28-14-17-34-15-4-6-20-39(34)48)38-31-29-35(30-32-38)43-33-36-16-5-10-24-44(36)49(47-27-13-9-23-42(43)47)45-25-11-7-21-40(45)41-22-8-12-26-46(41)49/h1-33H. The fourth-order valence-corrected chi connectivity index (χ4v) is 8.64. The van der Waals surface area contributed by atoms with E-state index in [9.17, 15) is 0 Å². The summed E-state index contributed by atoms with van der Waals surface area (Å²) in [7, 11) is 0. The zero-order chi connectivity index (χ0) is 33.1. The third-order valence-electron chi connectivity index (χ3n) is 10.7. The fraction of sp³-hybridized carbons (Fsp3) is 0.0204. The lowest BCUT2D eigenvalue weighted by atomic mass is 9.66. The number of rotatable bonds is 4. The molecule has 0 N–H and O–H groups in total. The van der Waals surface area contributed by atoms with Crippen LogP contribution >= 0.6 is 0 Å². The Morgan fingerprint density at radius 3 is 1.60 bits per heavy atom. The molecule has 50 heavy (non-hydrogen) atoms. The lowest BCUT2D eigenvalue weighted by molar-refractivity contribution is 0.766. The summed E-state index contributed by atoms with van der Waals surface area (Å²) in [6.45, 7) is 0. The quantitative estimate of drug-likeness (QED) is 0.186. The molecule has 0 unspecified atom stereocenters. The highest BCUT2D eigenvalue weighted by Crippen LogP contribution is 2.59. The fourth-order valence-electron chi connectivity index (χ4n) is 8.64. The normalized spacial score (nSPS) is 13.5. The number of fused-ring (bicyclic) bond motifs is 10. The summed E-state index contributed by atoms with van der Waals surface area (Å²) in [6.07, 6.45) is 2.42.